The van der Waals surface area contributed by atoms with Gasteiger partial charge in [0.1, 0.15) is 0 Å². The minimum Gasteiger partial charge on any atom is -0.349 e. The maximum atomic E-state index is 6.12. The largest absolute Gasteiger partial charge is 0.349 e. The maximum absolute atomic E-state index is 6.12. The molecule has 1 aromatic carbocycles. The standard InChI is InChI=1S/C17H25NO2/c1-14(15-8-4-2-5-9-15)17-19-13-16(20-17)12-18-10-6-3-7-11-18/h2,4-5,8-9,14,16-17H,3,6-7,10-13H2,1H3/t14-,16-,17+/m0/s1. The van der Waals surface area contributed by atoms with E-state index in [2.05, 4.69) is 36.1 Å². The van der Waals surface area contributed by atoms with E-state index >= 15 is 0 Å². The average molecular weight is 275 g/mol. The number of likely N-dealkylation sites (tertiary alicyclic amines) is 1. The number of hydrogen-bond donors (Lipinski definition) is 0. The van der Waals surface area contributed by atoms with Gasteiger partial charge in [0.15, 0.2) is 6.29 Å². The molecule has 2 heterocycles. The maximum Gasteiger partial charge on any atom is 0.164 e. The van der Waals surface area contributed by atoms with Crippen LogP contribution in [0.1, 0.15) is 37.7 Å². The first-order valence-electron chi connectivity index (χ1n) is 7.87. The highest BCUT2D eigenvalue weighted by Gasteiger charge is 2.32. The van der Waals surface area contributed by atoms with Crippen LogP contribution < -0.4 is 0 Å². The first kappa shape index (κ1) is 14.1. The SMILES string of the molecule is C[C@@H](c1ccccc1)[C@@H]1OC[C@H](CN2CCCCC2)O1. The third-order valence-electron chi connectivity index (χ3n) is 4.42. The molecule has 3 heteroatoms. The lowest BCUT2D eigenvalue weighted by Gasteiger charge is -2.28. The number of benzene rings is 1. The second-order valence-electron chi connectivity index (χ2n) is 6.02. The normalized spacial score (nSPS) is 29.4. The van der Waals surface area contributed by atoms with Crippen LogP contribution in [0, 0.1) is 0 Å². The molecule has 0 spiro atoms. The van der Waals surface area contributed by atoms with Crippen molar-refractivity contribution < 1.29 is 9.47 Å². The van der Waals surface area contributed by atoms with Crippen LogP contribution in [0.4, 0.5) is 0 Å². The summed E-state index contributed by atoms with van der Waals surface area (Å²) < 4.78 is 12.0. The van der Waals surface area contributed by atoms with Gasteiger partial charge in [-0.2, -0.15) is 0 Å². The Balaban J connectivity index is 1.51. The molecule has 110 valence electrons. The monoisotopic (exact) mass is 275 g/mol. The summed E-state index contributed by atoms with van der Waals surface area (Å²) in [5.41, 5.74) is 1.29. The fourth-order valence-electron chi connectivity index (χ4n) is 3.17. The van der Waals surface area contributed by atoms with E-state index in [1.807, 2.05) is 6.07 Å². The molecular formula is C17H25NO2. The lowest BCUT2D eigenvalue weighted by atomic mass is 10.0. The highest BCUT2D eigenvalue weighted by molar-refractivity contribution is 5.19. The molecule has 2 aliphatic rings. The Labute approximate surface area is 121 Å². The van der Waals surface area contributed by atoms with E-state index in [0.29, 0.717) is 5.92 Å². The summed E-state index contributed by atoms with van der Waals surface area (Å²) >= 11 is 0. The molecule has 3 atom stereocenters. The Bertz CT molecular complexity index is 403. The van der Waals surface area contributed by atoms with E-state index in [0.717, 1.165) is 13.2 Å². The van der Waals surface area contributed by atoms with E-state index in [1.54, 1.807) is 0 Å². The van der Waals surface area contributed by atoms with Gasteiger partial charge in [-0.1, -0.05) is 43.7 Å². The number of rotatable bonds is 4. The van der Waals surface area contributed by atoms with Crippen LogP contribution in [-0.2, 0) is 9.47 Å². The van der Waals surface area contributed by atoms with Gasteiger partial charge in [-0.3, -0.25) is 0 Å². The zero-order valence-electron chi connectivity index (χ0n) is 12.3. The Morgan fingerprint density at radius 3 is 2.65 bits per heavy atom. The fourth-order valence-corrected chi connectivity index (χ4v) is 3.17. The van der Waals surface area contributed by atoms with Crippen molar-refractivity contribution in [1.29, 1.82) is 0 Å². The van der Waals surface area contributed by atoms with Gasteiger partial charge in [-0.05, 0) is 31.5 Å². The smallest absolute Gasteiger partial charge is 0.164 e. The van der Waals surface area contributed by atoms with Crippen LogP contribution in [-0.4, -0.2) is 43.5 Å². The van der Waals surface area contributed by atoms with Gasteiger partial charge in [-0.15, -0.1) is 0 Å². The predicted molar refractivity (Wildman–Crippen MR) is 79.8 cm³/mol. The van der Waals surface area contributed by atoms with E-state index in [9.17, 15) is 0 Å². The van der Waals surface area contributed by atoms with Crippen molar-refractivity contribution in [3.63, 3.8) is 0 Å². The van der Waals surface area contributed by atoms with Gasteiger partial charge < -0.3 is 14.4 Å². The Morgan fingerprint density at radius 2 is 1.90 bits per heavy atom. The first-order chi connectivity index (χ1) is 9.83. The van der Waals surface area contributed by atoms with Crippen LogP contribution >= 0.6 is 0 Å². The Morgan fingerprint density at radius 1 is 1.15 bits per heavy atom. The molecule has 0 unspecified atom stereocenters. The van der Waals surface area contributed by atoms with Gasteiger partial charge in [0.25, 0.3) is 0 Å². The highest BCUT2D eigenvalue weighted by Crippen LogP contribution is 2.27. The van der Waals surface area contributed by atoms with E-state index < -0.39 is 0 Å². The minimum atomic E-state index is -0.0906. The zero-order chi connectivity index (χ0) is 13.8. The van der Waals surface area contributed by atoms with E-state index in [4.69, 9.17) is 9.47 Å². The van der Waals surface area contributed by atoms with Gasteiger partial charge in [0.2, 0.25) is 0 Å². The lowest BCUT2D eigenvalue weighted by Crippen LogP contribution is -2.37. The van der Waals surface area contributed by atoms with Crippen LogP contribution in [0.25, 0.3) is 0 Å². The molecule has 0 aliphatic carbocycles. The fraction of sp³-hybridized carbons (Fsp3) is 0.647. The third kappa shape index (κ3) is 3.40. The molecule has 0 saturated carbocycles. The minimum absolute atomic E-state index is 0.0906. The molecule has 2 aliphatic heterocycles. The van der Waals surface area contributed by atoms with E-state index in [1.165, 1.54) is 37.9 Å². The highest BCUT2D eigenvalue weighted by atomic mass is 16.7. The van der Waals surface area contributed by atoms with Gasteiger partial charge in [-0.25, -0.2) is 0 Å². The van der Waals surface area contributed by atoms with Crippen LogP contribution in [0.2, 0.25) is 0 Å². The molecule has 0 bridgehead atoms. The average Bonchev–Trinajstić information content (AvgIpc) is 2.97. The van der Waals surface area contributed by atoms with E-state index in [-0.39, 0.29) is 12.4 Å². The number of nitrogens with zero attached hydrogens (tertiary/aromatic N) is 1. The van der Waals surface area contributed by atoms with Gasteiger partial charge in [0, 0.05) is 12.5 Å². The summed E-state index contributed by atoms with van der Waals surface area (Å²) in [7, 11) is 0. The van der Waals surface area contributed by atoms with Crippen molar-refractivity contribution in [3.05, 3.63) is 35.9 Å². The predicted octanol–water partition coefficient (Wildman–Crippen LogP) is 3.02. The molecule has 0 aromatic heterocycles. The lowest BCUT2D eigenvalue weighted by molar-refractivity contribution is -0.0758. The quantitative estimate of drug-likeness (QED) is 0.843. The molecule has 1 aromatic rings. The summed E-state index contributed by atoms with van der Waals surface area (Å²) in [5, 5.41) is 0. The zero-order valence-corrected chi connectivity index (χ0v) is 12.3. The Hall–Kier alpha value is -0.900. The molecule has 0 amide bonds. The van der Waals surface area contributed by atoms with Gasteiger partial charge >= 0.3 is 0 Å². The van der Waals surface area contributed by atoms with Crippen LogP contribution in [0.3, 0.4) is 0 Å². The molecule has 20 heavy (non-hydrogen) atoms. The van der Waals surface area contributed by atoms with Crippen molar-refractivity contribution in [2.75, 3.05) is 26.2 Å². The molecule has 0 radical (unpaired) electrons. The van der Waals surface area contributed by atoms with Crippen molar-refractivity contribution in [1.82, 2.24) is 4.90 Å². The second-order valence-corrected chi connectivity index (χ2v) is 6.02. The molecule has 3 nitrogen and oxygen atoms in total. The van der Waals surface area contributed by atoms with Crippen molar-refractivity contribution in [2.24, 2.45) is 0 Å². The third-order valence-corrected chi connectivity index (χ3v) is 4.42. The molecule has 0 N–H and O–H groups in total. The molecular weight excluding hydrogens is 250 g/mol. The summed E-state index contributed by atoms with van der Waals surface area (Å²) in [5.74, 6) is 0.294. The number of ether oxygens (including phenoxy) is 2. The van der Waals surface area contributed by atoms with Gasteiger partial charge in [0.05, 0.1) is 12.7 Å². The van der Waals surface area contributed by atoms with Crippen molar-refractivity contribution >= 4 is 0 Å². The Kier molecular flexibility index (Phi) is 4.71. The molecule has 2 fully saturated rings. The summed E-state index contributed by atoms with van der Waals surface area (Å²) in [6, 6.07) is 10.5. The summed E-state index contributed by atoms with van der Waals surface area (Å²) in [6.45, 7) is 6.39. The second kappa shape index (κ2) is 6.70. The van der Waals surface area contributed by atoms with Crippen molar-refractivity contribution in [3.8, 4) is 0 Å². The number of piperidine rings is 1. The van der Waals surface area contributed by atoms with Crippen LogP contribution in [0.15, 0.2) is 30.3 Å². The summed E-state index contributed by atoms with van der Waals surface area (Å²) in [4.78, 5) is 2.52. The summed E-state index contributed by atoms with van der Waals surface area (Å²) in [6.07, 6.45) is 4.19. The first-order valence-corrected chi connectivity index (χ1v) is 7.87. The number of hydrogen-bond acceptors (Lipinski definition) is 3. The van der Waals surface area contributed by atoms with Crippen LogP contribution in [0.5, 0.6) is 0 Å². The molecule has 2 saturated heterocycles. The van der Waals surface area contributed by atoms with Crippen molar-refractivity contribution in [2.45, 2.75) is 44.5 Å². The molecule has 3 rings (SSSR count). The topological polar surface area (TPSA) is 21.7 Å².